The Morgan fingerprint density at radius 1 is 1.24 bits per heavy atom. The molecular formula is C15H15FN2O3. The zero-order valence-electron chi connectivity index (χ0n) is 11.5. The number of hydrogen-bond acceptors (Lipinski definition) is 3. The van der Waals surface area contributed by atoms with E-state index in [0.29, 0.717) is 12.3 Å². The Morgan fingerprint density at radius 2 is 2.00 bits per heavy atom. The van der Waals surface area contributed by atoms with E-state index < -0.39 is 11.7 Å². The Bertz CT molecular complexity index is 626. The van der Waals surface area contributed by atoms with Crippen LogP contribution >= 0.6 is 0 Å². The normalized spacial score (nSPS) is 10.2. The van der Waals surface area contributed by atoms with Gasteiger partial charge in [-0.2, -0.15) is 0 Å². The minimum atomic E-state index is -0.619. The van der Waals surface area contributed by atoms with Crippen LogP contribution in [0.4, 0.5) is 4.39 Å². The van der Waals surface area contributed by atoms with E-state index in [2.05, 4.69) is 5.32 Å². The van der Waals surface area contributed by atoms with Gasteiger partial charge in [0.1, 0.15) is 11.6 Å². The molecule has 1 heterocycles. The SMILES string of the molecule is CN(Cc1ccco1)C(=O)CNC(=O)c1ccccc1F. The Balaban J connectivity index is 1.86. The number of likely N-dealkylation sites (N-methyl/N-ethyl adjacent to an activating group) is 1. The molecule has 0 unspecified atom stereocenters. The topological polar surface area (TPSA) is 62.6 Å². The van der Waals surface area contributed by atoms with Gasteiger partial charge in [0, 0.05) is 7.05 Å². The van der Waals surface area contributed by atoms with Crippen LogP contribution in [0, 0.1) is 5.82 Å². The first-order valence-corrected chi connectivity index (χ1v) is 6.37. The number of rotatable bonds is 5. The molecule has 0 bridgehead atoms. The summed E-state index contributed by atoms with van der Waals surface area (Å²) in [5.74, 6) is -0.887. The summed E-state index contributed by atoms with van der Waals surface area (Å²) in [4.78, 5) is 25.1. The van der Waals surface area contributed by atoms with Crippen LogP contribution in [-0.4, -0.2) is 30.3 Å². The zero-order chi connectivity index (χ0) is 15.2. The summed E-state index contributed by atoms with van der Waals surface area (Å²) in [5.41, 5.74) is -0.0843. The van der Waals surface area contributed by atoms with E-state index in [-0.39, 0.29) is 18.0 Å². The van der Waals surface area contributed by atoms with Gasteiger partial charge in [0.15, 0.2) is 0 Å². The maximum atomic E-state index is 13.4. The van der Waals surface area contributed by atoms with Gasteiger partial charge in [-0.25, -0.2) is 4.39 Å². The third-order valence-electron chi connectivity index (χ3n) is 2.92. The van der Waals surface area contributed by atoms with Gasteiger partial charge in [-0.3, -0.25) is 9.59 Å². The Morgan fingerprint density at radius 3 is 2.67 bits per heavy atom. The van der Waals surface area contributed by atoms with E-state index in [1.165, 1.54) is 29.4 Å². The second-order valence-corrected chi connectivity index (χ2v) is 4.49. The van der Waals surface area contributed by atoms with Crippen molar-refractivity contribution in [1.82, 2.24) is 10.2 Å². The highest BCUT2D eigenvalue weighted by atomic mass is 19.1. The average molecular weight is 290 g/mol. The van der Waals surface area contributed by atoms with Gasteiger partial charge in [-0.1, -0.05) is 12.1 Å². The van der Waals surface area contributed by atoms with Gasteiger partial charge in [0.2, 0.25) is 5.91 Å². The largest absolute Gasteiger partial charge is 0.467 e. The highest BCUT2D eigenvalue weighted by molar-refractivity contribution is 5.96. The maximum absolute atomic E-state index is 13.4. The van der Waals surface area contributed by atoms with Crippen LogP contribution in [0.2, 0.25) is 0 Å². The van der Waals surface area contributed by atoms with Gasteiger partial charge in [-0.05, 0) is 24.3 Å². The highest BCUT2D eigenvalue weighted by Crippen LogP contribution is 2.06. The lowest BCUT2D eigenvalue weighted by atomic mass is 10.2. The summed E-state index contributed by atoms with van der Waals surface area (Å²) in [6.07, 6.45) is 1.52. The van der Waals surface area contributed by atoms with E-state index in [4.69, 9.17) is 4.42 Å². The van der Waals surface area contributed by atoms with E-state index in [1.807, 2.05) is 0 Å². The standard InChI is InChI=1S/C15H15FN2O3/c1-18(10-11-5-4-8-21-11)14(19)9-17-15(20)12-6-2-3-7-13(12)16/h2-8H,9-10H2,1H3,(H,17,20). The summed E-state index contributed by atoms with van der Waals surface area (Å²) < 4.78 is 18.5. The van der Waals surface area contributed by atoms with Crippen molar-refractivity contribution in [1.29, 1.82) is 0 Å². The van der Waals surface area contributed by atoms with Crippen molar-refractivity contribution in [3.8, 4) is 0 Å². The van der Waals surface area contributed by atoms with Crippen molar-refractivity contribution in [2.45, 2.75) is 6.54 Å². The monoisotopic (exact) mass is 290 g/mol. The summed E-state index contributed by atoms with van der Waals surface area (Å²) in [5, 5.41) is 2.40. The summed E-state index contributed by atoms with van der Waals surface area (Å²) >= 11 is 0. The molecule has 2 amide bonds. The van der Waals surface area contributed by atoms with Crippen molar-refractivity contribution in [2.24, 2.45) is 0 Å². The number of benzene rings is 1. The summed E-state index contributed by atoms with van der Waals surface area (Å²) in [6, 6.07) is 9.09. The zero-order valence-corrected chi connectivity index (χ0v) is 11.5. The average Bonchev–Trinajstić information content (AvgIpc) is 2.97. The van der Waals surface area contributed by atoms with Crippen molar-refractivity contribution in [3.63, 3.8) is 0 Å². The first-order valence-electron chi connectivity index (χ1n) is 6.37. The molecule has 0 spiro atoms. The third-order valence-corrected chi connectivity index (χ3v) is 2.92. The maximum Gasteiger partial charge on any atom is 0.254 e. The third kappa shape index (κ3) is 3.92. The highest BCUT2D eigenvalue weighted by Gasteiger charge is 2.14. The molecule has 110 valence electrons. The molecule has 0 radical (unpaired) electrons. The molecule has 5 nitrogen and oxygen atoms in total. The molecule has 6 heteroatoms. The number of carbonyl (C=O) groups is 2. The smallest absolute Gasteiger partial charge is 0.254 e. The van der Waals surface area contributed by atoms with Crippen LogP contribution in [0.5, 0.6) is 0 Å². The van der Waals surface area contributed by atoms with E-state index >= 15 is 0 Å². The first kappa shape index (κ1) is 14.8. The fourth-order valence-electron chi connectivity index (χ4n) is 1.76. The summed E-state index contributed by atoms with van der Waals surface area (Å²) in [6.45, 7) is 0.103. The summed E-state index contributed by atoms with van der Waals surface area (Å²) in [7, 11) is 1.60. The van der Waals surface area contributed by atoms with E-state index in [9.17, 15) is 14.0 Å². The number of halogens is 1. The molecule has 2 rings (SSSR count). The number of nitrogens with one attached hydrogen (secondary N) is 1. The van der Waals surface area contributed by atoms with E-state index in [0.717, 1.165) is 0 Å². The van der Waals surface area contributed by atoms with Crippen LogP contribution in [0.25, 0.3) is 0 Å². The van der Waals surface area contributed by atoms with Crippen molar-refractivity contribution >= 4 is 11.8 Å². The predicted octanol–water partition coefficient (Wildman–Crippen LogP) is 1.81. The minimum Gasteiger partial charge on any atom is -0.467 e. The lowest BCUT2D eigenvalue weighted by Crippen LogP contribution is -2.38. The van der Waals surface area contributed by atoms with Gasteiger partial charge in [-0.15, -0.1) is 0 Å². The molecule has 0 atom stereocenters. The van der Waals surface area contributed by atoms with Crippen LogP contribution in [-0.2, 0) is 11.3 Å². The number of hydrogen-bond donors (Lipinski definition) is 1. The second-order valence-electron chi connectivity index (χ2n) is 4.49. The Kier molecular flexibility index (Phi) is 4.71. The molecular weight excluding hydrogens is 275 g/mol. The van der Waals surface area contributed by atoms with E-state index in [1.54, 1.807) is 25.2 Å². The predicted molar refractivity (Wildman–Crippen MR) is 73.9 cm³/mol. The Labute approximate surface area is 121 Å². The van der Waals surface area contributed by atoms with Crippen molar-refractivity contribution in [3.05, 3.63) is 59.8 Å². The van der Waals surface area contributed by atoms with Crippen LogP contribution in [0.3, 0.4) is 0 Å². The lowest BCUT2D eigenvalue weighted by molar-refractivity contribution is -0.129. The molecule has 0 saturated heterocycles. The van der Waals surface area contributed by atoms with Gasteiger partial charge >= 0.3 is 0 Å². The molecule has 0 saturated carbocycles. The van der Waals surface area contributed by atoms with Gasteiger partial charge < -0.3 is 14.6 Å². The first-order chi connectivity index (χ1) is 10.1. The molecule has 0 aliphatic heterocycles. The molecule has 0 fully saturated rings. The van der Waals surface area contributed by atoms with Crippen LogP contribution in [0.1, 0.15) is 16.1 Å². The molecule has 1 aromatic carbocycles. The quantitative estimate of drug-likeness (QED) is 0.913. The fraction of sp³-hybridized carbons (Fsp3) is 0.200. The second kappa shape index (κ2) is 6.69. The molecule has 0 aliphatic rings. The molecule has 1 N–H and O–H groups in total. The van der Waals surface area contributed by atoms with Crippen LogP contribution < -0.4 is 5.32 Å². The lowest BCUT2D eigenvalue weighted by Gasteiger charge is -2.16. The van der Waals surface area contributed by atoms with Crippen molar-refractivity contribution < 1.29 is 18.4 Å². The Hall–Kier alpha value is -2.63. The molecule has 0 aliphatic carbocycles. The number of amides is 2. The fourth-order valence-corrected chi connectivity index (χ4v) is 1.76. The minimum absolute atomic E-state index is 0.0843. The molecule has 1 aromatic heterocycles. The number of furan rings is 1. The number of carbonyl (C=O) groups excluding carboxylic acids is 2. The van der Waals surface area contributed by atoms with Gasteiger partial charge in [0.25, 0.3) is 5.91 Å². The molecule has 21 heavy (non-hydrogen) atoms. The van der Waals surface area contributed by atoms with Gasteiger partial charge in [0.05, 0.1) is 24.9 Å². The van der Waals surface area contributed by atoms with Crippen LogP contribution in [0.15, 0.2) is 47.1 Å². The van der Waals surface area contributed by atoms with Crippen molar-refractivity contribution in [2.75, 3.05) is 13.6 Å². The number of nitrogens with zero attached hydrogens (tertiary/aromatic N) is 1. The molecule has 2 aromatic rings.